The summed E-state index contributed by atoms with van der Waals surface area (Å²) in [6.07, 6.45) is 0. The first kappa shape index (κ1) is 14.5. The quantitative estimate of drug-likeness (QED) is 0.529. The van der Waals surface area contributed by atoms with Crippen molar-refractivity contribution in [2.75, 3.05) is 12.4 Å². The number of aryl methyl sites for hydroxylation is 1. The highest BCUT2D eigenvalue weighted by molar-refractivity contribution is 5.92. The SMILES string of the molecule is COC(=O)c1ccc([N+](=O)[O-])c(Nc2ccc(C)cc2)c1. The van der Waals surface area contributed by atoms with E-state index in [1.807, 2.05) is 31.2 Å². The Hall–Kier alpha value is -2.89. The number of hydrogen-bond donors (Lipinski definition) is 1. The Morgan fingerprint density at radius 2 is 1.86 bits per heavy atom. The van der Waals surface area contributed by atoms with Gasteiger partial charge in [-0.1, -0.05) is 17.7 Å². The highest BCUT2D eigenvalue weighted by Crippen LogP contribution is 2.29. The van der Waals surface area contributed by atoms with Crippen molar-refractivity contribution in [3.05, 3.63) is 63.7 Å². The Kier molecular flexibility index (Phi) is 4.18. The van der Waals surface area contributed by atoms with Gasteiger partial charge in [-0.3, -0.25) is 10.1 Å². The lowest BCUT2D eigenvalue weighted by Crippen LogP contribution is -2.04. The van der Waals surface area contributed by atoms with E-state index >= 15 is 0 Å². The minimum absolute atomic E-state index is 0.108. The molecule has 21 heavy (non-hydrogen) atoms. The lowest BCUT2D eigenvalue weighted by molar-refractivity contribution is -0.383. The second kappa shape index (κ2) is 6.04. The van der Waals surface area contributed by atoms with Gasteiger partial charge in [-0.15, -0.1) is 0 Å². The second-order valence-corrected chi connectivity index (χ2v) is 4.47. The molecule has 0 aliphatic carbocycles. The zero-order chi connectivity index (χ0) is 15.4. The maximum atomic E-state index is 11.5. The van der Waals surface area contributed by atoms with Crippen LogP contribution in [-0.4, -0.2) is 18.0 Å². The van der Waals surface area contributed by atoms with Crippen LogP contribution in [0.5, 0.6) is 0 Å². The van der Waals surface area contributed by atoms with E-state index < -0.39 is 10.9 Å². The molecule has 0 spiro atoms. The largest absolute Gasteiger partial charge is 0.465 e. The molecule has 0 saturated carbocycles. The fourth-order valence-corrected chi connectivity index (χ4v) is 1.83. The van der Waals surface area contributed by atoms with Crippen LogP contribution in [0.3, 0.4) is 0 Å². The lowest BCUT2D eigenvalue weighted by Gasteiger charge is -2.09. The van der Waals surface area contributed by atoms with Gasteiger partial charge in [-0.2, -0.15) is 0 Å². The molecular formula is C15H14N2O4. The van der Waals surface area contributed by atoms with Crippen molar-refractivity contribution < 1.29 is 14.5 Å². The van der Waals surface area contributed by atoms with Gasteiger partial charge in [0, 0.05) is 11.8 Å². The predicted octanol–water partition coefficient (Wildman–Crippen LogP) is 3.43. The zero-order valence-electron chi connectivity index (χ0n) is 11.6. The first-order chi connectivity index (χ1) is 10.0. The number of ether oxygens (including phenoxy) is 1. The molecule has 2 rings (SSSR count). The molecule has 1 N–H and O–H groups in total. The molecule has 0 radical (unpaired) electrons. The summed E-state index contributed by atoms with van der Waals surface area (Å²) in [5, 5.41) is 14.0. The topological polar surface area (TPSA) is 81.5 Å². The van der Waals surface area contributed by atoms with Crippen LogP contribution in [0.25, 0.3) is 0 Å². The predicted molar refractivity (Wildman–Crippen MR) is 78.9 cm³/mol. The number of methoxy groups -OCH3 is 1. The summed E-state index contributed by atoms with van der Waals surface area (Å²) in [5.41, 5.74) is 2.16. The third kappa shape index (κ3) is 3.36. The Labute approximate surface area is 121 Å². The smallest absolute Gasteiger partial charge is 0.337 e. The molecule has 0 heterocycles. The van der Waals surface area contributed by atoms with E-state index in [1.54, 1.807) is 0 Å². The van der Waals surface area contributed by atoms with Crippen molar-refractivity contribution >= 4 is 23.0 Å². The van der Waals surface area contributed by atoms with Crippen molar-refractivity contribution in [3.63, 3.8) is 0 Å². The van der Waals surface area contributed by atoms with Crippen LogP contribution in [0, 0.1) is 17.0 Å². The molecule has 0 amide bonds. The van der Waals surface area contributed by atoms with E-state index in [4.69, 9.17) is 0 Å². The zero-order valence-corrected chi connectivity index (χ0v) is 11.6. The van der Waals surface area contributed by atoms with E-state index in [1.165, 1.54) is 25.3 Å². The Morgan fingerprint density at radius 1 is 1.19 bits per heavy atom. The number of nitrogens with zero attached hydrogens (tertiary/aromatic N) is 1. The van der Waals surface area contributed by atoms with Crippen LogP contribution in [0.1, 0.15) is 15.9 Å². The summed E-state index contributed by atoms with van der Waals surface area (Å²) in [6.45, 7) is 1.95. The summed E-state index contributed by atoms with van der Waals surface area (Å²) < 4.78 is 4.62. The number of nitro groups is 1. The van der Waals surface area contributed by atoms with Crippen molar-refractivity contribution in [1.82, 2.24) is 0 Å². The van der Waals surface area contributed by atoms with Gasteiger partial charge < -0.3 is 10.1 Å². The molecule has 6 heteroatoms. The lowest BCUT2D eigenvalue weighted by atomic mass is 10.1. The highest BCUT2D eigenvalue weighted by Gasteiger charge is 2.17. The molecule has 0 aliphatic heterocycles. The molecule has 2 aromatic rings. The third-order valence-electron chi connectivity index (χ3n) is 2.94. The van der Waals surface area contributed by atoms with E-state index in [0.29, 0.717) is 5.69 Å². The van der Waals surface area contributed by atoms with Crippen LogP contribution in [0.4, 0.5) is 17.1 Å². The van der Waals surface area contributed by atoms with Gasteiger partial charge in [-0.05, 0) is 31.2 Å². The van der Waals surface area contributed by atoms with Gasteiger partial charge >= 0.3 is 5.97 Å². The van der Waals surface area contributed by atoms with Crippen LogP contribution in [0.15, 0.2) is 42.5 Å². The number of nitrogens with one attached hydrogen (secondary N) is 1. The van der Waals surface area contributed by atoms with Crippen LogP contribution < -0.4 is 5.32 Å². The average molecular weight is 286 g/mol. The first-order valence-electron chi connectivity index (χ1n) is 6.21. The Bertz CT molecular complexity index is 681. The van der Waals surface area contributed by atoms with E-state index in [9.17, 15) is 14.9 Å². The van der Waals surface area contributed by atoms with E-state index in [0.717, 1.165) is 5.56 Å². The van der Waals surface area contributed by atoms with Crippen LogP contribution >= 0.6 is 0 Å². The maximum absolute atomic E-state index is 11.5. The standard InChI is InChI=1S/C15H14N2O4/c1-10-3-6-12(7-4-10)16-13-9-11(15(18)21-2)5-8-14(13)17(19)20/h3-9,16H,1-2H3. The molecule has 2 aromatic carbocycles. The van der Waals surface area contributed by atoms with E-state index in [2.05, 4.69) is 10.1 Å². The number of carbonyl (C=O) groups is 1. The van der Waals surface area contributed by atoms with Gasteiger partial charge in [0.1, 0.15) is 5.69 Å². The summed E-state index contributed by atoms with van der Waals surface area (Å²) in [7, 11) is 1.26. The summed E-state index contributed by atoms with van der Waals surface area (Å²) in [4.78, 5) is 22.1. The van der Waals surface area contributed by atoms with Gasteiger partial charge in [0.25, 0.3) is 5.69 Å². The number of nitro benzene ring substituents is 1. The van der Waals surface area contributed by atoms with Crippen molar-refractivity contribution in [2.45, 2.75) is 6.92 Å². The number of rotatable bonds is 4. The van der Waals surface area contributed by atoms with Crippen LogP contribution in [0.2, 0.25) is 0 Å². The fraction of sp³-hybridized carbons (Fsp3) is 0.133. The normalized spacial score (nSPS) is 10.0. The number of hydrogen-bond acceptors (Lipinski definition) is 5. The summed E-state index contributed by atoms with van der Waals surface area (Å²) in [5.74, 6) is -0.545. The molecule has 0 aromatic heterocycles. The van der Waals surface area contributed by atoms with E-state index in [-0.39, 0.29) is 16.9 Å². The average Bonchev–Trinajstić information content (AvgIpc) is 2.48. The molecular weight excluding hydrogens is 272 g/mol. The number of carbonyl (C=O) groups excluding carboxylic acids is 1. The molecule has 0 aliphatic rings. The summed E-state index contributed by atoms with van der Waals surface area (Å²) >= 11 is 0. The van der Waals surface area contributed by atoms with Gasteiger partial charge in [-0.25, -0.2) is 4.79 Å². The maximum Gasteiger partial charge on any atom is 0.337 e. The Morgan fingerprint density at radius 3 is 2.43 bits per heavy atom. The molecule has 0 fully saturated rings. The van der Waals surface area contributed by atoms with Crippen LogP contribution in [-0.2, 0) is 4.74 Å². The molecule has 108 valence electrons. The molecule has 0 unspecified atom stereocenters. The number of benzene rings is 2. The first-order valence-corrected chi connectivity index (χ1v) is 6.21. The summed E-state index contributed by atoms with van der Waals surface area (Å²) in [6, 6.07) is 11.4. The van der Waals surface area contributed by atoms with Gasteiger partial charge in [0.15, 0.2) is 0 Å². The van der Waals surface area contributed by atoms with Crippen molar-refractivity contribution in [3.8, 4) is 0 Å². The van der Waals surface area contributed by atoms with Gasteiger partial charge in [0.2, 0.25) is 0 Å². The van der Waals surface area contributed by atoms with Gasteiger partial charge in [0.05, 0.1) is 17.6 Å². The molecule has 0 atom stereocenters. The molecule has 0 saturated heterocycles. The number of anilines is 2. The molecule has 6 nitrogen and oxygen atoms in total. The monoisotopic (exact) mass is 286 g/mol. The Balaban J connectivity index is 2.40. The third-order valence-corrected chi connectivity index (χ3v) is 2.94. The minimum atomic E-state index is -0.545. The molecule has 0 bridgehead atoms. The number of esters is 1. The van der Waals surface area contributed by atoms with Crippen molar-refractivity contribution in [1.29, 1.82) is 0 Å². The van der Waals surface area contributed by atoms with Crippen molar-refractivity contribution in [2.24, 2.45) is 0 Å². The second-order valence-electron chi connectivity index (χ2n) is 4.47. The highest BCUT2D eigenvalue weighted by atomic mass is 16.6. The minimum Gasteiger partial charge on any atom is -0.465 e. The fourth-order valence-electron chi connectivity index (χ4n) is 1.83.